The van der Waals surface area contributed by atoms with Gasteiger partial charge in [-0.1, -0.05) is 42.5 Å². The van der Waals surface area contributed by atoms with Crippen LogP contribution in [-0.2, 0) is 36.8 Å². The van der Waals surface area contributed by atoms with Gasteiger partial charge in [-0.2, -0.15) is 0 Å². The van der Waals surface area contributed by atoms with Gasteiger partial charge in [0.05, 0.1) is 12.5 Å². The number of rotatable bonds is 13. The molecular formula is C25H31N5O7. The van der Waals surface area contributed by atoms with Crippen molar-refractivity contribution in [1.82, 2.24) is 16.0 Å². The van der Waals surface area contributed by atoms with Gasteiger partial charge in [-0.05, 0) is 30.2 Å². The predicted molar refractivity (Wildman–Crippen MR) is 133 cm³/mol. The van der Waals surface area contributed by atoms with E-state index in [0.29, 0.717) is 11.1 Å². The zero-order valence-electron chi connectivity index (χ0n) is 20.2. The molecule has 0 aliphatic carbocycles. The van der Waals surface area contributed by atoms with Gasteiger partial charge in [0.25, 0.3) is 0 Å². The Kier molecular flexibility index (Phi) is 10.6. The van der Waals surface area contributed by atoms with E-state index in [1.54, 1.807) is 42.5 Å². The van der Waals surface area contributed by atoms with E-state index in [1.165, 1.54) is 19.1 Å². The van der Waals surface area contributed by atoms with Crippen LogP contribution < -0.4 is 27.4 Å². The maximum atomic E-state index is 13.3. The maximum Gasteiger partial charge on any atom is 0.326 e. The molecule has 0 aliphatic rings. The van der Waals surface area contributed by atoms with Gasteiger partial charge in [0.15, 0.2) is 0 Å². The summed E-state index contributed by atoms with van der Waals surface area (Å²) in [6, 6.07) is 9.76. The Balaban J connectivity index is 2.30. The molecule has 0 radical (unpaired) electrons. The number of aromatic hydroxyl groups is 1. The van der Waals surface area contributed by atoms with Gasteiger partial charge in [-0.15, -0.1) is 0 Å². The number of phenols is 1. The summed E-state index contributed by atoms with van der Waals surface area (Å²) in [4.78, 5) is 61.4. The van der Waals surface area contributed by atoms with E-state index >= 15 is 0 Å². The molecule has 0 fully saturated rings. The second-order valence-electron chi connectivity index (χ2n) is 8.54. The molecule has 0 saturated carbocycles. The van der Waals surface area contributed by atoms with Crippen molar-refractivity contribution < 1.29 is 34.2 Å². The first kappa shape index (κ1) is 28.8. The van der Waals surface area contributed by atoms with Crippen molar-refractivity contribution in [2.45, 2.75) is 50.4 Å². The number of hydrogen-bond donors (Lipinski definition) is 7. The molecule has 0 bridgehead atoms. The summed E-state index contributed by atoms with van der Waals surface area (Å²) < 4.78 is 0. The quantitative estimate of drug-likeness (QED) is 0.175. The standard InChI is InChI=1S/C25H31N5O7/c1-14(26)22(33)28-18(12-16-7-9-17(31)10-8-16)23(34)29-19(11-15-5-3-2-4-6-15)24(35)30-20(25(36)37)13-21(27)32/h2-10,14,18-20,31H,11-13,26H2,1H3,(H2,27,32)(H,28,33)(H,29,34)(H,30,35)(H,36,37). The van der Waals surface area contributed by atoms with Crippen molar-refractivity contribution in [2.75, 3.05) is 0 Å². The monoisotopic (exact) mass is 513 g/mol. The van der Waals surface area contributed by atoms with Crippen molar-refractivity contribution >= 4 is 29.6 Å². The summed E-state index contributed by atoms with van der Waals surface area (Å²) in [5.74, 6) is -4.55. The third-order valence-electron chi connectivity index (χ3n) is 5.36. The largest absolute Gasteiger partial charge is 0.508 e. The normalized spacial score (nSPS) is 13.9. The van der Waals surface area contributed by atoms with Gasteiger partial charge in [0.2, 0.25) is 23.6 Å². The lowest BCUT2D eigenvalue weighted by molar-refractivity contribution is -0.143. The van der Waals surface area contributed by atoms with Crippen molar-refractivity contribution in [1.29, 1.82) is 0 Å². The van der Waals surface area contributed by atoms with Crippen molar-refractivity contribution in [3.05, 3.63) is 65.7 Å². The summed E-state index contributed by atoms with van der Waals surface area (Å²) in [6.07, 6.45) is -0.626. The SMILES string of the molecule is CC(N)C(=O)NC(Cc1ccc(O)cc1)C(=O)NC(Cc1ccccc1)C(=O)NC(CC(N)=O)C(=O)O. The minimum atomic E-state index is -1.59. The lowest BCUT2D eigenvalue weighted by Crippen LogP contribution is -2.58. The molecule has 37 heavy (non-hydrogen) atoms. The van der Waals surface area contributed by atoms with Gasteiger partial charge >= 0.3 is 5.97 Å². The Bertz CT molecular complexity index is 1110. The smallest absolute Gasteiger partial charge is 0.326 e. The molecule has 198 valence electrons. The lowest BCUT2D eigenvalue weighted by Gasteiger charge is -2.25. The van der Waals surface area contributed by atoms with Crippen LogP contribution in [-0.4, -0.2) is 64.0 Å². The Morgan fingerprint density at radius 1 is 0.757 bits per heavy atom. The molecular weight excluding hydrogens is 482 g/mol. The molecule has 12 heteroatoms. The number of carboxylic acids is 1. The van der Waals surface area contributed by atoms with Crippen molar-refractivity contribution in [3.63, 3.8) is 0 Å². The zero-order chi connectivity index (χ0) is 27.5. The highest BCUT2D eigenvalue weighted by molar-refractivity contribution is 5.95. The van der Waals surface area contributed by atoms with Crippen molar-refractivity contribution in [3.8, 4) is 5.75 Å². The number of primary amides is 1. The predicted octanol–water partition coefficient (Wildman–Crippen LogP) is -1.06. The Morgan fingerprint density at radius 2 is 1.22 bits per heavy atom. The summed E-state index contributed by atoms with van der Waals surface area (Å²) in [7, 11) is 0. The average Bonchev–Trinajstić information content (AvgIpc) is 2.84. The Morgan fingerprint density at radius 3 is 1.68 bits per heavy atom. The fourth-order valence-corrected chi connectivity index (χ4v) is 3.39. The molecule has 2 rings (SSSR count). The van der Waals surface area contributed by atoms with Gasteiger partial charge in [-0.3, -0.25) is 19.2 Å². The number of benzene rings is 2. The highest BCUT2D eigenvalue weighted by atomic mass is 16.4. The maximum absolute atomic E-state index is 13.3. The molecule has 0 spiro atoms. The van der Waals surface area contributed by atoms with Crippen LogP contribution >= 0.6 is 0 Å². The molecule has 2 aromatic rings. The van der Waals surface area contributed by atoms with Crippen LogP contribution in [0.4, 0.5) is 0 Å². The van der Waals surface area contributed by atoms with E-state index in [2.05, 4.69) is 16.0 Å². The second-order valence-corrected chi connectivity index (χ2v) is 8.54. The van der Waals surface area contributed by atoms with Gasteiger partial charge in [0, 0.05) is 12.8 Å². The number of hydrogen-bond acceptors (Lipinski definition) is 7. The van der Waals surface area contributed by atoms with Gasteiger partial charge in [-0.25, -0.2) is 4.79 Å². The van der Waals surface area contributed by atoms with E-state index < -0.39 is 60.2 Å². The van der Waals surface area contributed by atoms with E-state index in [4.69, 9.17) is 11.5 Å². The molecule has 4 unspecified atom stereocenters. The highest BCUT2D eigenvalue weighted by Gasteiger charge is 2.31. The second kappa shape index (κ2) is 13.6. The van der Waals surface area contributed by atoms with Crippen LogP contribution in [0.15, 0.2) is 54.6 Å². The molecule has 12 nitrogen and oxygen atoms in total. The van der Waals surface area contributed by atoms with Gasteiger partial charge < -0.3 is 37.6 Å². The minimum absolute atomic E-state index is 0.00546. The first-order valence-electron chi connectivity index (χ1n) is 11.5. The molecule has 0 aromatic heterocycles. The topological polar surface area (TPSA) is 214 Å². The van der Waals surface area contributed by atoms with Crippen LogP contribution in [0.3, 0.4) is 0 Å². The summed E-state index contributed by atoms with van der Waals surface area (Å²) >= 11 is 0. The molecule has 0 heterocycles. The molecule has 0 saturated heterocycles. The number of carboxylic acid groups (broad SMARTS) is 1. The number of aliphatic carboxylic acids is 1. The van der Waals surface area contributed by atoms with Gasteiger partial charge in [0.1, 0.15) is 23.9 Å². The molecule has 9 N–H and O–H groups in total. The fraction of sp³-hybridized carbons (Fsp3) is 0.320. The summed E-state index contributed by atoms with van der Waals surface area (Å²) in [5, 5.41) is 26.2. The highest BCUT2D eigenvalue weighted by Crippen LogP contribution is 2.12. The summed E-state index contributed by atoms with van der Waals surface area (Å²) in [5.41, 5.74) is 12.0. The fourth-order valence-electron chi connectivity index (χ4n) is 3.39. The van der Waals surface area contributed by atoms with Crippen LogP contribution in [0.1, 0.15) is 24.5 Å². The van der Waals surface area contributed by atoms with E-state index in [0.717, 1.165) is 0 Å². The molecule has 4 atom stereocenters. The van der Waals surface area contributed by atoms with Crippen LogP contribution in [0.2, 0.25) is 0 Å². The van der Waals surface area contributed by atoms with Crippen LogP contribution in [0.25, 0.3) is 0 Å². The molecule has 2 aromatic carbocycles. The number of nitrogens with two attached hydrogens (primary N) is 2. The first-order chi connectivity index (χ1) is 17.5. The van der Waals surface area contributed by atoms with E-state index in [1.807, 2.05) is 0 Å². The average molecular weight is 514 g/mol. The Hall–Kier alpha value is -4.45. The van der Waals surface area contributed by atoms with Crippen molar-refractivity contribution in [2.24, 2.45) is 11.5 Å². The lowest BCUT2D eigenvalue weighted by atomic mass is 10.0. The Labute approximate surface area is 213 Å². The third-order valence-corrected chi connectivity index (χ3v) is 5.36. The number of carbonyl (C=O) groups is 5. The number of carbonyl (C=O) groups excluding carboxylic acids is 4. The molecule has 0 aliphatic heterocycles. The number of phenolic OH excluding ortho intramolecular Hbond substituents is 1. The van der Waals surface area contributed by atoms with Crippen LogP contribution in [0, 0.1) is 0 Å². The minimum Gasteiger partial charge on any atom is -0.508 e. The third kappa shape index (κ3) is 9.61. The number of amides is 4. The first-order valence-corrected chi connectivity index (χ1v) is 11.5. The van der Waals surface area contributed by atoms with Crippen LogP contribution in [0.5, 0.6) is 5.75 Å². The number of nitrogens with one attached hydrogen (secondary N) is 3. The molecule has 4 amide bonds. The van der Waals surface area contributed by atoms with E-state index in [-0.39, 0.29) is 18.6 Å². The summed E-state index contributed by atoms with van der Waals surface area (Å²) in [6.45, 7) is 1.45. The zero-order valence-corrected chi connectivity index (χ0v) is 20.2. The van der Waals surface area contributed by atoms with E-state index in [9.17, 15) is 34.2 Å².